The normalized spacial score (nSPS) is 20.4. The molecule has 3 aromatic rings. The Bertz CT molecular complexity index is 1410. The molecule has 6 rings (SSSR count). The van der Waals surface area contributed by atoms with Gasteiger partial charge in [-0.2, -0.15) is 4.98 Å². The number of aromatic nitrogens is 5. The molecule has 0 unspecified atom stereocenters. The van der Waals surface area contributed by atoms with Crippen molar-refractivity contribution in [3.05, 3.63) is 48.6 Å². The molecule has 0 aromatic carbocycles. The number of ether oxygens (including phenoxy) is 1. The highest BCUT2D eigenvalue weighted by atomic mass is 16.5. The van der Waals surface area contributed by atoms with Crippen LogP contribution in [-0.2, 0) is 16.1 Å². The number of nitrogens with one attached hydrogen (secondary N) is 3. The number of carbonyl (C=O) groups is 2. The average molecular weight is 575 g/mol. The third-order valence-electron chi connectivity index (χ3n) is 8.20. The number of pyridine rings is 1. The van der Waals surface area contributed by atoms with Crippen molar-refractivity contribution in [1.29, 1.82) is 0 Å². The van der Waals surface area contributed by atoms with Crippen molar-refractivity contribution in [3.8, 4) is 0 Å². The van der Waals surface area contributed by atoms with Gasteiger partial charge in [-0.05, 0) is 56.0 Å². The topological polar surface area (TPSA) is 144 Å². The maximum absolute atomic E-state index is 13.1. The second-order valence-corrected chi connectivity index (χ2v) is 11.1. The van der Waals surface area contributed by atoms with Crippen LogP contribution in [0.15, 0.2) is 37.3 Å². The number of aromatic amines is 1. The van der Waals surface area contributed by atoms with Gasteiger partial charge in [-0.15, -0.1) is 0 Å². The molecule has 13 heteroatoms. The minimum atomic E-state index is -0.153. The lowest BCUT2D eigenvalue weighted by Gasteiger charge is -2.33. The van der Waals surface area contributed by atoms with Crippen molar-refractivity contribution < 1.29 is 14.3 Å². The van der Waals surface area contributed by atoms with Gasteiger partial charge >= 0.3 is 0 Å². The molecule has 0 saturated carbocycles. The van der Waals surface area contributed by atoms with Gasteiger partial charge in [0.15, 0.2) is 11.5 Å². The number of morpholine rings is 1. The molecule has 0 bridgehead atoms. The van der Waals surface area contributed by atoms with Gasteiger partial charge in [0.25, 0.3) is 5.91 Å². The SMILES string of the molecule is C=CC(=O)N[C@@H]1CCCN(Cc2ccnc(C(=O)NC3CCN(c4nc5ncnc(N6CCOCC6)c5[nH]4)CC3)c2)C1. The summed E-state index contributed by atoms with van der Waals surface area (Å²) in [5.74, 6) is 1.35. The van der Waals surface area contributed by atoms with Gasteiger partial charge in [0, 0.05) is 57.5 Å². The monoisotopic (exact) mass is 574 g/mol. The smallest absolute Gasteiger partial charge is 0.270 e. The molecule has 3 fully saturated rings. The fourth-order valence-corrected chi connectivity index (χ4v) is 6.00. The molecule has 6 heterocycles. The Kier molecular flexibility index (Phi) is 8.56. The molecule has 3 aliphatic rings. The minimum absolute atomic E-state index is 0.0589. The molecular weight excluding hydrogens is 536 g/mol. The number of H-pyrrole nitrogens is 1. The van der Waals surface area contributed by atoms with E-state index in [1.807, 2.05) is 12.1 Å². The van der Waals surface area contributed by atoms with E-state index in [2.05, 4.69) is 51.8 Å². The molecule has 0 radical (unpaired) electrons. The van der Waals surface area contributed by atoms with Crippen LogP contribution in [0, 0.1) is 0 Å². The zero-order valence-corrected chi connectivity index (χ0v) is 23.8. The van der Waals surface area contributed by atoms with E-state index in [-0.39, 0.29) is 23.9 Å². The highest BCUT2D eigenvalue weighted by Gasteiger charge is 2.26. The predicted octanol–water partition coefficient (Wildman–Crippen LogP) is 1.25. The Morgan fingerprint density at radius 3 is 2.67 bits per heavy atom. The number of hydrogen-bond acceptors (Lipinski definition) is 10. The van der Waals surface area contributed by atoms with E-state index < -0.39 is 0 Å². The minimum Gasteiger partial charge on any atom is -0.378 e. The first-order valence-electron chi connectivity index (χ1n) is 14.7. The highest BCUT2D eigenvalue weighted by molar-refractivity contribution is 5.92. The summed E-state index contributed by atoms with van der Waals surface area (Å²) in [6, 6.07) is 3.99. The first kappa shape index (κ1) is 28.0. The van der Waals surface area contributed by atoms with Gasteiger partial charge < -0.3 is 30.2 Å². The molecule has 3 N–H and O–H groups in total. The molecule has 3 saturated heterocycles. The molecule has 13 nitrogen and oxygen atoms in total. The molecule has 2 amide bonds. The number of nitrogens with zero attached hydrogens (tertiary/aromatic N) is 7. The van der Waals surface area contributed by atoms with Crippen LogP contribution in [0.1, 0.15) is 41.7 Å². The number of imidazole rings is 1. The van der Waals surface area contributed by atoms with Crippen LogP contribution < -0.4 is 20.4 Å². The third kappa shape index (κ3) is 6.52. The number of hydrogen-bond donors (Lipinski definition) is 3. The summed E-state index contributed by atoms with van der Waals surface area (Å²) < 4.78 is 5.48. The van der Waals surface area contributed by atoms with Crippen molar-refractivity contribution in [2.24, 2.45) is 0 Å². The van der Waals surface area contributed by atoms with Crippen LogP contribution in [0.5, 0.6) is 0 Å². The number of anilines is 2. The van der Waals surface area contributed by atoms with E-state index in [1.165, 1.54) is 6.08 Å². The summed E-state index contributed by atoms with van der Waals surface area (Å²) in [6.45, 7) is 10.4. The van der Waals surface area contributed by atoms with Gasteiger partial charge in [0.05, 0.1) is 13.2 Å². The van der Waals surface area contributed by atoms with Gasteiger partial charge in [0.2, 0.25) is 11.9 Å². The average Bonchev–Trinajstić information content (AvgIpc) is 3.47. The van der Waals surface area contributed by atoms with E-state index in [4.69, 9.17) is 9.72 Å². The molecule has 3 aliphatic heterocycles. The van der Waals surface area contributed by atoms with E-state index in [0.717, 1.165) is 87.8 Å². The van der Waals surface area contributed by atoms with E-state index >= 15 is 0 Å². The standard InChI is InChI=1S/C29H38N10O3/c1-2-24(40)33-22-4-3-9-37(18-22)17-20-5-8-30-23(16-20)28(41)34-21-6-10-39(11-7-21)29-35-25-26(36-29)31-19-32-27(25)38-12-14-42-15-13-38/h2,5,8,16,19,21-22H,1,3-4,6-7,9-15,17-18H2,(H,33,40)(H,34,41)(H,31,32,35,36)/t22-/m1/s1. The summed E-state index contributed by atoms with van der Waals surface area (Å²) in [7, 11) is 0. The van der Waals surface area contributed by atoms with Crippen LogP contribution in [0.4, 0.5) is 11.8 Å². The second-order valence-electron chi connectivity index (χ2n) is 11.1. The first-order valence-corrected chi connectivity index (χ1v) is 14.7. The molecule has 42 heavy (non-hydrogen) atoms. The number of likely N-dealkylation sites (tertiary alicyclic amines) is 1. The number of carbonyl (C=O) groups excluding carboxylic acids is 2. The number of amides is 2. The van der Waals surface area contributed by atoms with Crippen molar-refractivity contribution in [2.75, 3.05) is 62.3 Å². The summed E-state index contributed by atoms with van der Waals surface area (Å²) in [5, 5.41) is 6.18. The summed E-state index contributed by atoms with van der Waals surface area (Å²) in [6.07, 6.45) is 8.15. The Hall–Kier alpha value is -4.10. The Morgan fingerprint density at radius 2 is 1.86 bits per heavy atom. The molecule has 0 aliphatic carbocycles. The lowest BCUT2D eigenvalue weighted by molar-refractivity contribution is -0.117. The largest absolute Gasteiger partial charge is 0.378 e. The van der Waals surface area contributed by atoms with Crippen molar-refractivity contribution in [1.82, 2.24) is 40.5 Å². The maximum Gasteiger partial charge on any atom is 0.270 e. The fourth-order valence-electron chi connectivity index (χ4n) is 6.00. The van der Waals surface area contributed by atoms with E-state index in [1.54, 1.807) is 12.5 Å². The molecular formula is C29H38N10O3. The second kappa shape index (κ2) is 12.8. The predicted molar refractivity (Wildman–Crippen MR) is 158 cm³/mol. The maximum atomic E-state index is 13.1. The van der Waals surface area contributed by atoms with Crippen molar-refractivity contribution >= 4 is 34.7 Å². The lowest BCUT2D eigenvalue weighted by atomic mass is 10.0. The van der Waals surface area contributed by atoms with E-state index in [0.29, 0.717) is 31.1 Å². The number of fused-ring (bicyclic) bond motifs is 1. The van der Waals surface area contributed by atoms with Gasteiger partial charge in [0.1, 0.15) is 17.5 Å². The molecule has 0 spiro atoms. The summed E-state index contributed by atoms with van der Waals surface area (Å²) in [5.41, 5.74) is 2.96. The lowest BCUT2D eigenvalue weighted by Crippen LogP contribution is -2.47. The summed E-state index contributed by atoms with van der Waals surface area (Å²) >= 11 is 0. The first-order chi connectivity index (χ1) is 20.6. The molecule has 3 aromatic heterocycles. The summed E-state index contributed by atoms with van der Waals surface area (Å²) in [4.78, 5) is 53.0. The van der Waals surface area contributed by atoms with Crippen LogP contribution in [-0.4, -0.2) is 106 Å². The molecule has 222 valence electrons. The zero-order valence-electron chi connectivity index (χ0n) is 23.8. The number of piperidine rings is 2. The van der Waals surface area contributed by atoms with E-state index in [9.17, 15) is 9.59 Å². The van der Waals surface area contributed by atoms with Crippen molar-refractivity contribution in [2.45, 2.75) is 44.3 Å². The Morgan fingerprint density at radius 1 is 1.02 bits per heavy atom. The Balaban J connectivity index is 1.02. The van der Waals surface area contributed by atoms with Crippen LogP contribution >= 0.6 is 0 Å². The Labute approximate surface area is 244 Å². The van der Waals surface area contributed by atoms with Gasteiger partial charge in [-0.25, -0.2) is 9.97 Å². The zero-order chi connectivity index (χ0) is 28.9. The van der Waals surface area contributed by atoms with Crippen LogP contribution in [0.2, 0.25) is 0 Å². The van der Waals surface area contributed by atoms with Crippen LogP contribution in [0.25, 0.3) is 11.2 Å². The number of rotatable bonds is 8. The van der Waals surface area contributed by atoms with Crippen molar-refractivity contribution in [3.63, 3.8) is 0 Å². The third-order valence-corrected chi connectivity index (χ3v) is 8.20. The molecule has 1 atom stereocenters. The highest BCUT2D eigenvalue weighted by Crippen LogP contribution is 2.26. The van der Waals surface area contributed by atoms with Gasteiger partial charge in [-0.3, -0.25) is 19.5 Å². The fraction of sp³-hybridized carbons (Fsp3) is 0.517. The van der Waals surface area contributed by atoms with Gasteiger partial charge in [-0.1, -0.05) is 6.58 Å². The van der Waals surface area contributed by atoms with Crippen LogP contribution in [0.3, 0.4) is 0 Å². The quantitative estimate of drug-likeness (QED) is 0.336.